The highest BCUT2D eigenvalue weighted by Gasteiger charge is 1.76. The van der Waals surface area contributed by atoms with Crippen molar-refractivity contribution >= 4 is 8.60 Å². The fourth-order valence-corrected chi connectivity index (χ4v) is 0. The highest BCUT2D eigenvalue weighted by Crippen LogP contribution is 2.11. The van der Waals surface area contributed by atoms with Crippen LogP contribution in [0, 0.1) is 0 Å². The maximum atomic E-state index is 7.23. The Bertz CT molecular complexity index is 34.4. The van der Waals surface area contributed by atoms with Crippen LogP contribution in [0.25, 0.3) is 0 Å². The van der Waals surface area contributed by atoms with Crippen molar-refractivity contribution in [3.8, 4) is 0 Å². The summed E-state index contributed by atoms with van der Waals surface area (Å²) in [5.41, 5.74) is 0. The highest BCUT2D eigenvalue weighted by molar-refractivity contribution is 7.38. The van der Waals surface area contributed by atoms with Crippen molar-refractivity contribution in [3.63, 3.8) is 0 Å². The molecule has 0 fully saturated rings. The molecule has 7 heavy (non-hydrogen) atoms. The van der Waals surface area contributed by atoms with Crippen LogP contribution in [0.4, 0.5) is 0 Å². The third-order valence-corrected chi connectivity index (χ3v) is 0. The van der Waals surface area contributed by atoms with E-state index in [1.807, 2.05) is 6.92 Å². The fourth-order valence-electron chi connectivity index (χ4n) is 0. The summed E-state index contributed by atoms with van der Waals surface area (Å²) >= 11 is 0. The van der Waals surface area contributed by atoms with Gasteiger partial charge in [-0.25, -0.2) is 0 Å². The van der Waals surface area contributed by atoms with E-state index in [1.165, 1.54) is 0 Å². The molecular weight excluding hydrogens is 115 g/mol. The van der Waals surface area contributed by atoms with Crippen molar-refractivity contribution < 1.29 is 14.7 Å². The van der Waals surface area contributed by atoms with Gasteiger partial charge in [-0.1, -0.05) is 6.08 Å². The zero-order valence-electron chi connectivity index (χ0n) is 4.07. The van der Waals surface area contributed by atoms with Crippen LogP contribution >= 0.6 is 8.60 Å². The molecule has 0 aromatic heterocycles. The Hall–Kier alpha value is 0.0500. The molecule has 0 spiro atoms. The number of hydrogen-bond donors (Lipinski definition) is 3. The first kappa shape index (κ1) is 10.1. The summed E-state index contributed by atoms with van der Waals surface area (Å²) in [6.07, 6.45) is 1.75. The normalized spacial score (nSPS) is 7.00. The summed E-state index contributed by atoms with van der Waals surface area (Å²) in [4.78, 5) is 21.7. The Morgan fingerprint density at radius 3 is 1.43 bits per heavy atom. The molecule has 3 N–H and O–H groups in total. The highest BCUT2D eigenvalue weighted by atomic mass is 31.2. The Balaban J connectivity index is 0. The molecule has 0 bridgehead atoms. The molecule has 0 aromatic carbocycles. The second-order valence-corrected chi connectivity index (χ2v) is 1.21. The van der Waals surface area contributed by atoms with Crippen molar-refractivity contribution in [1.29, 1.82) is 0 Å². The largest absolute Gasteiger partial charge is 0.328 e. The van der Waals surface area contributed by atoms with Gasteiger partial charge in [0, 0.05) is 0 Å². The molecule has 0 amide bonds. The van der Waals surface area contributed by atoms with Gasteiger partial charge < -0.3 is 14.7 Å². The van der Waals surface area contributed by atoms with Crippen LogP contribution in [-0.2, 0) is 0 Å². The maximum Gasteiger partial charge on any atom is 0.324 e. The molecule has 0 aliphatic rings. The summed E-state index contributed by atoms with van der Waals surface area (Å²) in [6, 6.07) is 0. The lowest BCUT2D eigenvalue weighted by Gasteiger charge is -1.76. The lowest BCUT2D eigenvalue weighted by molar-refractivity contribution is 0.368. The van der Waals surface area contributed by atoms with Gasteiger partial charge in [0.2, 0.25) is 0 Å². The summed E-state index contributed by atoms with van der Waals surface area (Å²) in [6.45, 7) is 5.25. The van der Waals surface area contributed by atoms with Crippen LogP contribution in [-0.4, -0.2) is 14.7 Å². The van der Waals surface area contributed by atoms with Crippen molar-refractivity contribution in [3.05, 3.63) is 12.7 Å². The molecule has 0 aliphatic carbocycles. The predicted octanol–water partition coefficient (Wildman–Crippen LogP) is 0.382. The molecule has 0 unspecified atom stereocenters. The van der Waals surface area contributed by atoms with Gasteiger partial charge in [0.25, 0.3) is 0 Å². The van der Waals surface area contributed by atoms with E-state index in [9.17, 15) is 0 Å². The molecule has 3 nitrogen and oxygen atoms in total. The summed E-state index contributed by atoms with van der Waals surface area (Å²) < 4.78 is 0. The van der Waals surface area contributed by atoms with Gasteiger partial charge in [-0.2, -0.15) is 0 Å². The van der Waals surface area contributed by atoms with E-state index < -0.39 is 8.60 Å². The lowest BCUT2D eigenvalue weighted by Crippen LogP contribution is -1.54. The molecule has 0 radical (unpaired) electrons. The van der Waals surface area contributed by atoms with Crippen LogP contribution in [0.15, 0.2) is 12.7 Å². The van der Waals surface area contributed by atoms with Crippen molar-refractivity contribution in [2.24, 2.45) is 0 Å². The van der Waals surface area contributed by atoms with Crippen LogP contribution in [0.5, 0.6) is 0 Å². The maximum absolute atomic E-state index is 7.23. The zero-order chi connectivity index (χ0) is 6.28. The minimum absolute atomic E-state index is 1.75. The molecule has 0 saturated heterocycles. The van der Waals surface area contributed by atoms with E-state index in [-0.39, 0.29) is 0 Å². The van der Waals surface area contributed by atoms with Crippen molar-refractivity contribution in [2.45, 2.75) is 6.92 Å². The summed E-state index contributed by atoms with van der Waals surface area (Å²) in [5.74, 6) is 0. The van der Waals surface area contributed by atoms with E-state index in [0.717, 1.165) is 0 Å². The fraction of sp³-hybridized carbons (Fsp3) is 0.333. The third kappa shape index (κ3) is 39700. The smallest absolute Gasteiger partial charge is 0.324 e. The standard InChI is InChI=1S/C3H6.H3O3P/c1-3-2;1-4(2)3/h3H,1H2,2H3;1-3H. The Morgan fingerprint density at radius 1 is 1.43 bits per heavy atom. The van der Waals surface area contributed by atoms with Crippen LogP contribution in [0.2, 0.25) is 0 Å². The van der Waals surface area contributed by atoms with Gasteiger partial charge >= 0.3 is 8.60 Å². The molecular formula is C3H9O3P. The lowest BCUT2D eigenvalue weighted by atomic mass is 10.8. The Kier molecular flexibility index (Phi) is 13.6. The third-order valence-electron chi connectivity index (χ3n) is 0. The molecule has 0 heterocycles. The number of rotatable bonds is 0. The van der Waals surface area contributed by atoms with E-state index in [2.05, 4.69) is 6.58 Å². The second-order valence-electron chi connectivity index (χ2n) is 0.677. The monoisotopic (exact) mass is 124 g/mol. The van der Waals surface area contributed by atoms with Crippen LogP contribution < -0.4 is 0 Å². The minimum atomic E-state index is -2.62. The van der Waals surface area contributed by atoms with E-state index >= 15 is 0 Å². The van der Waals surface area contributed by atoms with Gasteiger partial charge in [0.05, 0.1) is 0 Å². The summed E-state index contributed by atoms with van der Waals surface area (Å²) in [5, 5.41) is 0. The first-order chi connectivity index (χ1) is 3.15. The van der Waals surface area contributed by atoms with E-state index in [0.29, 0.717) is 0 Å². The van der Waals surface area contributed by atoms with Gasteiger partial charge in [0.15, 0.2) is 0 Å². The molecule has 0 rings (SSSR count). The molecule has 44 valence electrons. The molecule has 0 aliphatic heterocycles. The van der Waals surface area contributed by atoms with E-state index in [4.69, 9.17) is 14.7 Å². The van der Waals surface area contributed by atoms with Gasteiger partial charge in [-0.05, 0) is 6.92 Å². The SMILES string of the molecule is C=CC.OP(O)O. The number of hydrogen-bond acceptors (Lipinski definition) is 3. The number of allylic oxidation sites excluding steroid dienone is 1. The van der Waals surface area contributed by atoms with Gasteiger partial charge in [-0.3, -0.25) is 0 Å². The predicted molar refractivity (Wildman–Crippen MR) is 29.4 cm³/mol. The van der Waals surface area contributed by atoms with Gasteiger partial charge in [-0.15, -0.1) is 6.58 Å². The van der Waals surface area contributed by atoms with Crippen LogP contribution in [0.1, 0.15) is 6.92 Å². The summed E-state index contributed by atoms with van der Waals surface area (Å²) in [7, 11) is -2.62. The topological polar surface area (TPSA) is 60.7 Å². The Morgan fingerprint density at radius 2 is 1.43 bits per heavy atom. The zero-order valence-corrected chi connectivity index (χ0v) is 4.97. The molecule has 0 atom stereocenters. The average molecular weight is 124 g/mol. The van der Waals surface area contributed by atoms with Gasteiger partial charge in [0.1, 0.15) is 0 Å². The molecule has 4 heteroatoms. The van der Waals surface area contributed by atoms with Crippen molar-refractivity contribution in [1.82, 2.24) is 0 Å². The van der Waals surface area contributed by atoms with Crippen LogP contribution in [0.3, 0.4) is 0 Å². The quantitative estimate of drug-likeness (QED) is 0.323. The van der Waals surface area contributed by atoms with Crippen molar-refractivity contribution in [2.75, 3.05) is 0 Å². The molecule has 0 saturated carbocycles. The second kappa shape index (κ2) is 9.41. The average Bonchev–Trinajstić information content (AvgIpc) is 1.33. The molecule has 0 aromatic rings. The Labute approximate surface area is 43.9 Å². The first-order valence-electron chi connectivity index (χ1n) is 1.59. The van der Waals surface area contributed by atoms with E-state index in [1.54, 1.807) is 6.08 Å². The first-order valence-corrected chi connectivity index (χ1v) is 2.79. The minimum Gasteiger partial charge on any atom is -0.328 e.